The Kier molecular flexibility index (Phi) is 2.88. The van der Waals surface area contributed by atoms with Crippen LogP contribution in [0.5, 0.6) is 0 Å². The fourth-order valence-corrected chi connectivity index (χ4v) is 2.38. The Hall–Kier alpha value is -2.70. The summed E-state index contributed by atoms with van der Waals surface area (Å²) in [5.74, 6) is -1.47. The molecule has 6 heteroatoms. The lowest BCUT2D eigenvalue weighted by Gasteiger charge is -2.11. The van der Waals surface area contributed by atoms with Crippen molar-refractivity contribution >= 4 is 28.1 Å². The van der Waals surface area contributed by atoms with Crippen molar-refractivity contribution in [1.29, 1.82) is 0 Å². The predicted molar refractivity (Wildman–Crippen MR) is 119 cm³/mol. The number of nitrogens with two attached hydrogens (primary N) is 1. The molecule has 0 aliphatic heterocycles. The number of carbonyl (C=O) groups is 1. The number of aliphatic hydroxyl groups is 1. The Labute approximate surface area is 199 Å². The summed E-state index contributed by atoms with van der Waals surface area (Å²) in [6.45, 7) is 1.22. The first-order chi connectivity index (χ1) is 20.7. The standard InChI is InChI=1S/C23H27N3O2S/c1-16-6-10-18(11-7-16)21(27)5-3-2-4-17-8-12-19(13-9-17)25-22(28)14-20-15-29-23(24)26-20/h6-13,15,21,27H,2-5,14H2,1H3,(H2,24,26)(H,25,28)/t21-/m0/s1/i2D2,4D2,5D2,6D,7D,8D,9D,10D,11D,12D,13D,14D2,21D. The molecule has 0 saturated heterocycles. The van der Waals surface area contributed by atoms with Gasteiger partial charge in [0, 0.05) is 22.0 Å². The molecule has 3 aromatic rings. The van der Waals surface area contributed by atoms with Crippen LogP contribution in [0.3, 0.4) is 0 Å². The van der Waals surface area contributed by atoms with Crippen LogP contribution in [-0.4, -0.2) is 16.0 Å². The minimum atomic E-state index is -3.69. The SMILES string of the molecule is [2H]c1c([2H])c([C@@]([2H])(O)C([2H])([2H])CC([2H])([2H])C([2H])([2H])c2c([2H])c([2H])c(NC(=O)C([2H])([2H])c3csc(N)n3)c([2H])c2[2H])c([2H])c([2H])c1C. The van der Waals surface area contributed by atoms with Crippen molar-refractivity contribution < 1.29 is 33.2 Å². The van der Waals surface area contributed by atoms with Crippen LogP contribution >= 0.6 is 11.3 Å². The van der Waals surface area contributed by atoms with E-state index in [9.17, 15) is 9.90 Å². The maximum absolute atomic E-state index is 12.8. The van der Waals surface area contributed by atoms with E-state index in [0.29, 0.717) is 0 Å². The largest absolute Gasteiger partial charge is 0.388 e. The third kappa shape index (κ3) is 6.69. The minimum absolute atomic E-state index is 0.0635. The van der Waals surface area contributed by atoms with Crippen molar-refractivity contribution in [3.63, 3.8) is 0 Å². The molecule has 5 nitrogen and oxygen atoms in total. The number of anilines is 2. The number of benzene rings is 2. The predicted octanol–water partition coefficient (Wildman–Crippen LogP) is 4.66. The summed E-state index contributed by atoms with van der Waals surface area (Å²) in [6.07, 6.45) is -19.0. The fourth-order valence-electron chi connectivity index (χ4n) is 1.89. The number of nitrogens with one attached hydrogen (secondary N) is 1. The minimum Gasteiger partial charge on any atom is -0.388 e. The van der Waals surface area contributed by atoms with Crippen LogP contribution in [0.2, 0.25) is 0 Å². The van der Waals surface area contributed by atoms with E-state index in [0.717, 1.165) is 16.7 Å². The average molecular weight is 427 g/mol. The van der Waals surface area contributed by atoms with E-state index in [-0.39, 0.29) is 10.7 Å². The molecule has 0 radical (unpaired) electrons. The van der Waals surface area contributed by atoms with Gasteiger partial charge in [-0.2, -0.15) is 0 Å². The summed E-state index contributed by atoms with van der Waals surface area (Å²) in [5, 5.41) is 14.0. The Bertz CT molecular complexity index is 1670. The number of nitrogen functional groups attached to an aromatic ring is 1. The van der Waals surface area contributed by atoms with E-state index < -0.39 is 115 Å². The van der Waals surface area contributed by atoms with E-state index in [1.54, 1.807) is 0 Å². The van der Waals surface area contributed by atoms with Crippen LogP contribution in [0.25, 0.3) is 0 Å². The summed E-state index contributed by atoms with van der Waals surface area (Å²) < 4.78 is 140. The van der Waals surface area contributed by atoms with Crippen molar-refractivity contribution in [3.8, 4) is 0 Å². The lowest BCUT2D eigenvalue weighted by molar-refractivity contribution is -0.115. The molecular weight excluding hydrogens is 382 g/mol. The molecule has 0 spiro atoms. The Morgan fingerprint density at radius 2 is 2.03 bits per heavy atom. The van der Waals surface area contributed by atoms with Crippen LogP contribution in [0.15, 0.2) is 53.7 Å². The molecule has 0 aliphatic rings. The molecule has 0 aliphatic carbocycles. The molecule has 0 saturated carbocycles. The van der Waals surface area contributed by atoms with Gasteiger partial charge in [-0.05, 0) is 49.3 Å². The number of carbonyl (C=O) groups excluding carboxylic acids is 1. The van der Waals surface area contributed by atoms with Gasteiger partial charge in [-0.15, -0.1) is 11.3 Å². The summed E-state index contributed by atoms with van der Waals surface area (Å²) in [5.41, 5.74) is 1.65. The molecule has 0 unspecified atom stereocenters. The molecular formula is C23H27N3O2S. The van der Waals surface area contributed by atoms with Gasteiger partial charge in [0.05, 0.1) is 30.5 Å². The van der Waals surface area contributed by atoms with Crippen molar-refractivity contribution in [2.24, 2.45) is 0 Å². The highest BCUT2D eigenvalue weighted by atomic mass is 32.1. The Morgan fingerprint density at radius 3 is 2.69 bits per heavy atom. The van der Waals surface area contributed by atoms with Crippen molar-refractivity contribution in [1.82, 2.24) is 4.98 Å². The average Bonchev–Trinajstić information content (AvgIpc) is 3.38. The molecule has 0 fully saturated rings. The fraction of sp³-hybridized carbons (Fsp3) is 0.304. The molecule has 1 atom stereocenters. The highest BCUT2D eigenvalue weighted by molar-refractivity contribution is 7.13. The second kappa shape index (κ2) is 10.2. The smallest absolute Gasteiger partial charge is 0.230 e. The van der Waals surface area contributed by atoms with Gasteiger partial charge in [0.2, 0.25) is 5.91 Å². The molecule has 0 bridgehead atoms. The number of hydrogen-bond donors (Lipinski definition) is 3. The molecule has 1 aromatic heterocycles. The topological polar surface area (TPSA) is 88.2 Å². The van der Waals surface area contributed by atoms with E-state index in [4.69, 9.17) is 29.0 Å². The summed E-state index contributed by atoms with van der Waals surface area (Å²) >= 11 is 0.826. The number of thiazole rings is 1. The first kappa shape index (κ1) is 8.20. The van der Waals surface area contributed by atoms with Gasteiger partial charge < -0.3 is 16.2 Å². The summed E-state index contributed by atoms with van der Waals surface area (Å²) in [7, 11) is 0. The van der Waals surface area contributed by atoms with Gasteiger partial charge in [-0.1, -0.05) is 48.2 Å². The molecule has 1 amide bonds. The number of aromatic nitrogens is 1. The molecule has 152 valence electrons. The van der Waals surface area contributed by atoms with Crippen molar-refractivity contribution in [2.45, 2.75) is 44.9 Å². The Morgan fingerprint density at radius 1 is 1.31 bits per heavy atom. The summed E-state index contributed by atoms with van der Waals surface area (Å²) in [6, 6.07) is -8.02. The number of hydrogen-bond acceptors (Lipinski definition) is 5. The lowest BCUT2D eigenvalue weighted by atomic mass is 10.0. The molecule has 29 heavy (non-hydrogen) atoms. The molecule has 4 N–H and O–H groups in total. The normalized spacial score (nSPS) is 23.4. The van der Waals surface area contributed by atoms with Crippen LogP contribution < -0.4 is 11.1 Å². The Balaban J connectivity index is 2.08. The lowest BCUT2D eigenvalue weighted by Crippen LogP contribution is -2.14. The second-order valence-electron chi connectivity index (χ2n) is 5.40. The maximum atomic E-state index is 12.8. The third-order valence-corrected chi connectivity index (χ3v) is 3.85. The van der Waals surface area contributed by atoms with E-state index in [1.165, 1.54) is 6.92 Å². The second-order valence-corrected chi connectivity index (χ2v) is 6.29. The zero-order chi connectivity index (χ0) is 35.7. The van der Waals surface area contributed by atoms with Crippen LogP contribution in [0.1, 0.15) is 70.9 Å². The third-order valence-electron chi connectivity index (χ3n) is 3.17. The van der Waals surface area contributed by atoms with Crippen LogP contribution in [0.4, 0.5) is 10.8 Å². The molecule has 3 rings (SSSR count). The number of nitrogens with zero attached hydrogens (tertiary/aromatic N) is 1. The highest BCUT2D eigenvalue weighted by Crippen LogP contribution is 2.21. The van der Waals surface area contributed by atoms with Crippen LogP contribution in [-0.2, 0) is 17.5 Å². The maximum Gasteiger partial charge on any atom is 0.230 e. The first-order valence-electron chi connectivity index (χ1n) is 16.6. The molecule has 1 heterocycles. The van der Waals surface area contributed by atoms with Gasteiger partial charge in [-0.25, -0.2) is 4.98 Å². The van der Waals surface area contributed by atoms with Crippen LogP contribution in [0, 0.1) is 6.92 Å². The van der Waals surface area contributed by atoms with Gasteiger partial charge in [0.25, 0.3) is 0 Å². The first-order valence-corrected chi connectivity index (χ1v) is 8.98. The van der Waals surface area contributed by atoms with Gasteiger partial charge in [0.15, 0.2) is 5.13 Å². The van der Waals surface area contributed by atoms with E-state index >= 15 is 0 Å². The van der Waals surface area contributed by atoms with Crippen molar-refractivity contribution in [2.75, 3.05) is 11.1 Å². The van der Waals surface area contributed by atoms with Gasteiger partial charge in [-0.3, -0.25) is 4.79 Å². The van der Waals surface area contributed by atoms with E-state index in [1.807, 2.05) is 5.32 Å². The van der Waals surface area contributed by atoms with Gasteiger partial charge in [0.1, 0.15) is 0 Å². The van der Waals surface area contributed by atoms with E-state index in [2.05, 4.69) is 4.98 Å². The summed E-state index contributed by atoms with van der Waals surface area (Å²) in [4.78, 5) is 16.5. The zero-order valence-corrected chi connectivity index (χ0v) is 15.9. The quantitative estimate of drug-likeness (QED) is 0.464. The van der Waals surface area contributed by atoms with Gasteiger partial charge >= 0.3 is 0 Å². The zero-order valence-electron chi connectivity index (χ0n) is 32.1. The number of rotatable bonds is 9. The molecule has 2 aromatic carbocycles. The highest BCUT2D eigenvalue weighted by Gasteiger charge is 2.08. The van der Waals surface area contributed by atoms with Crippen molar-refractivity contribution in [3.05, 3.63) is 76.1 Å². The number of amides is 1. The monoisotopic (exact) mass is 426 g/mol.